The van der Waals surface area contributed by atoms with Crippen LogP contribution in [0.15, 0.2) is 64.9 Å². The SMILES string of the molecule is O=C(NCc1cccs1)c1ccc2c(c1)N(Cc1ccc(F)cc1)C(=O)CS2. The van der Waals surface area contributed by atoms with Crippen LogP contribution in [-0.2, 0) is 17.9 Å². The van der Waals surface area contributed by atoms with Crippen molar-refractivity contribution in [1.82, 2.24) is 5.32 Å². The number of rotatable bonds is 5. The molecule has 0 aliphatic carbocycles. The van der Waals surface area contributed by atoms with Crippen LogP contribution in [0.2, 0.25) is 0 Å². The van der Waals surface area contributed by atoms with Gasteiger partial charge in [0.2, 0.25) is 5.91 Å². The average Bonchev–Trinajstić information content (AvgIpc) is 3.23. The molecule has 4 nitrogen and oxygen atoms in total. The number of carbonyl (C=O) groups excluding carboxylic acids is 2. The van der Waals surface area contributed by atoms with Crippen molar-refractivity contribution in [2.24, 2.45) is 0 Å². The van der Waals surface area contributed by atoms with Crippen LogP contribution in [0.4, 0.5) is 10.1 Å². The number of carbonyl (C=O) groups is 2. The molecule has 0 unspecified atom stereocenters. The Balaban J connectivity index is 1.56. The summed E-state index contributed by atoms with van der Waals surface area (Å²) in [7, 11) is 0. The predicted octanol–water partition coefficient (Wildman–Crippen LogP) is 4.46. The Morgan fingerprint density at radius 2 is 1.96 bits per heavy atom. The second-order valence-electron chi connectivity index (χ2n) is 6.34. The first-order valence-electron chi connectivity index (χ1n) is 8.72. The molecule has 1 N–H and O–H groups in total. The van der Waals surface area contributed by atoms with Crippen LogP contribution in [-0.4, -0.2) is 17.6 Å². The Morgan fingerprint density at radius 1 is 1.14 bits per heavy atom. The number of fused-ring (bicyclic) bond motifs is 1. The lowest BCUT2D eigenvalue weighted by Gasteiger charge is -2.29. The fourth-order valence-electron chi connectivity index (χ4n) is 2.97. The van der Waals surface area contributed by atoms with Crippen LogP contribution >= 0.6 is 23.1 Å². The Hall–Kier alpha value is -2.64. The summed E-state index contributed by atoms with van der Waals surface area (Å²) < 4.78 is 13.2. The van der Waals surface area contributed by atoms with E-state index >= 15 is 0 Å². The Bertz CT molecular complexity index is 1000. The first-order valence-corrected chi connectivity index (χ1v) is 10.6. The van der Waals surface area contributed by atoms with Crippen molar-refractivity contribution in [3.05, 3.63) is 81.8 Å². The van der Waals surface area contributed by atoms with Crippen LogP contribution in [0.3, 0.4) is 0 Å². The van der Waals surface area contributed by atoms with E-state index in [-0.39, 0.29) is 17.6 Å². The second-order valence-corrected chi connectivity index (χ2v) is 8.39. The summed E-state index contributed by atoms with van der Waals surface area (Å²) in [5.41, 5.74) is 2.06. The van der Waals surface area contributed by atoms with Gasteiger partial charge in [0.15, 0.2) is 0 Å². The van der Waals surface area contributed by atoms with Gasteiger partial charge in [0.05, 0.1) is 24.5 Å². The van der Waals surface area contributed by atoms with Crippen molar-refractivity contribution in [2.45, 2.75) is 18.0 Å². The molecule has 2 heterocycles. The fourth-order valence-corrected chi connectivity index (χ4v) is 4.53. The monoisotopic (exact) mass is 412 g/mol. The smallest absolute Gasteiger partial charge is 0.251 e. The highest BCUT2D eigenvalue weighted by atomic mass is 32.2. The topological polar surface area (TPSA) is 49.4 Å². The van der Waals surface area contributed by atoms with Crippen LogP contribution in [0, 0.1) is 5.82 Å². The minimum Gasteiger partial charge on any atom is -0.347 e. The molecule has 0 fully saturated rings. The highest BCUT2D eigenvalue weighted by Crippen LogP contribution is 2.37. The van der Waals surface area contributed by atoms with Crippen molar-refractivity contribution in [1.29, 1.82) is 0 Å². The molecule has 4 rings (SSSR count). The largest absolute Gasteiger partial charge is 0.347 e. The van der Waals surface area contributed by atoms with E-state index in [1.54, 1.807) is 40.5 Å². The van der Waals surface area contributed by atoms with Crippen molar-refractivity contribution < 1.29 is 14.0 Å². The lowest BCUT2D eigenvalue weighted by Crippen LogP contribution is -2.35. The second kappa shape index (κ2) is 8.16. The van der Waals surface area contributed by atoms with E-state index in [1.807, 2.05) is 23.6 Å². The summed E-state index contributed by atoms with van der Waals surface area (Å²) in [6.07, 6.45) is 0. The number of thioether (sulfide) groups is 1. The van der Waals surface area contributed by atoms with E-state index in [4.69, 9.17) is 0 Å². The van der Waals surface area contributed by atoms with Gasteiger partial charge in [0.1, 0.15) is 5.82 Å². The van der Waals surface area contributed by atoms with E-state index in [9.17, 15) is 14.0 Å². The maximum Gasteiger partial charge on any atom is 0.251 e. The highest BCUT2D eigenvalue weighted by Gasteiger charge is 2.26. The van der Waals surface area contributed by atoms with Gasteiger partial charge in [-0.15, -0.1) is 23.1 Å². The van der Waals surface area contributed by atoms with Crippen molar-refractivity contribution >= 4 is 40.6 Å². The number of nitrogens with one attached hydrogen (secondary N) is 1. The van der Waals surface area contributed by atoms with Gasteiger partial charge in [-0.05, 0) is 47.3 Å². The van der Waals surface area contributed by atoms with Crippen molar-refractivity contribution in [2.75, 3.05) is 10.7 Å². The number of anilines is 1. The molecule has 2 amide bonds. The molecule has 2 aromatic carbocycles. The molecular formula is C21H17FN2O2S2. The Labute approximate surface area is 170 Å². The molecule has 28 heavy (non-hydrogen) atoms. The predicted molar refractivity (Wildman–Crippen MR) is 110 cm³/mol. The quantitative estimate of drug-likeness (QED) is 0.673. The molecule has 0 saturated heterocycles. The normalized spacial score (nSPS) is 13.3. The molecule has 142 valence electrons. The van der Waals surface area contributed by atoms with Crippen LogP contribution in [0.25, 0.3) is 0 Å². The maximum absolute atomic E-state index is 13.2. The minimum absolute atomic E-state index is 0.0297. The zero-order chi connectivity index (χ0) is 19.5. The number of hydrogen-bond donors (Lipinski definition) is 1. The van der Waals surface area contributed by atoms with Crippen molar-refractivity contribution in [3.8, 4) is 0 Å². The number of amides is 2. The van der Waals surface area contributed by atoms with E-state index in [1.165, 1.54) is 23.9 Å². The third-order valence-electron chi connectivity index (χ3n) is 4.42. The van der Waals surface area contributed by atoms with E-state index in [2.05, 4.69) is 5.32 Å². The standard InChI is InChI=1S/C21H17FN2O2S2/c22-16-6-3-14(4-7-16)12-24-18-10-15(5-8-19(18)28-13-20(24)25)21(26)23-11-17-2-1-9-27-17/h1-10H,11-13H2,(H,23,26). The summed E-state index contributed by atoms with van der Waals surface area (Å²) in [4.78, 5) is 28.8. The number of thiophene rings is 1. The molecular weight excluding hydrogens is 395 g/mol. The summed E-state index contributed by atoms with van der Waals surface area (Å²) >= 11 is 3.05. The van der Waals surface area contributed by atoms with Crippen LogP contribution in [0.5, 0.6) is 0 Å². The lowest BCUT2D eigenvalue weighted by molar-refractivity contribution is -0.116. The number of halogens is 1. The zero-order valence-electron chi connectivity index (χ0n) is 14.9. The van der Waals surface area contributed by atoms with Gasteiger partial charge >= 0.3 is 0 Å². The molecule has 0 spiro atoms. The zero-order valence-corrected chi connectivity index (χ0v) is 16.5. The molecule has 1 aromatic heterocycles. The molecule has 0 saturated carbocycles. The summed E-state index contributed by atoms with van der Waals surface area (Å²) in [5, 5.41) is 4.88. The van der Waals surface area contributed by atoms with Gasteiger partial charge in [-0.25, -0.2) is 4.39 Å². The molecule has 0 radical (unpaired) electrons. The third kappa shape index (κ3) is 4.10. The first kappa shape index (κ1) is 18.7. The fraction of sp³-hybridized carbons (Fsp3) is 0.143. The van der Waals surface area contributed by atoms with Crippen molar-refractivity contribution in [3.63, 3.8) is 0 Å². The van der Waals surface area contributed by atoms with Crippen LogP contribution < -0.4 is 10.2 Å². The molecule has 0 atom stereocenters. The van der Waals surface area contributed by atoms with Gasteiger partial charge in [-0.2, -0.15) is 0 Å². The molecule has 7 heteroatoms. The average molecular weight is 413 g/mol. The van der Waals surface area contributed by atoms with Gasteiger partial charge in [-0.1, -0.05) is 18.2 Å². The van der Waals surface area contributed by atoms with E-state index in [0.29, 0.717) is 30.1 Å². The van der Waals surface area contributed by atoms with E-state index in [0.717, 1.165) is 15.3 Å². The molecule has 0 bridgehead atoms. The number of benzene rings is 2. The van der Waals surface area contributed by atoms with Gasteiger partial charge in [0.25, 0.3) is 5.91 Å². The number of nitrogens with zero attached hydrogens (tertiary/aromatic N) is 1. The lowest BCUT2D eigenvalue weighted by atomic mass is 10.1. The number of hydrogen-bond acceptors (Lipinski definition) is 4. The Kier molecular flexibility index (Phi) is 5.45. The Morgan fingerprint density at radius 3 is 2.71 bits per heavy atom. The van der Waals surface area contributed by atoms with Gasteiger partial charge in [0, 0.05) is 15.3 Å². The summed E-state index contributed by atoms with van der Waals surface area (Å²) in [5.74, 6) is -0.175. The van der Waals surface area contributed by atoms with E-state index < -0.39 is 0 Å². The molecule has 1 aliphatic heterocycles. The van der Waals surface area contributed by atoms with Crippen LogP contribution in [0.1, 0.15) is 20.8 Å². The molecule has 1 aliphatic rings. The van der Waals surface area contributed by atoms with Gasteiger partial charge < -0.3 is 10.2 Å². The maximum atomic E-state index is 13.2. The highest BCUT2D eigenvalue weighted by molar-refractivity contribution is 8.00. The first-order chi connectivity index (χ1) is 13.6. The summed E-state index contributed by atoms with van der Waals surface area (Å²) in [6.45, 7) is 0.813. The minimum atomic E-state index is -0.311. The third-order valence-corrected chi connectivity index (χ3v) is 6.35. The van der Waals surface area contributed by atoms with Gasteiger partial charge in [-0.3, -0.25) is 9.59 Å². The molecule has 3 aromatic rings. The summed E-state index contributed by atoms with van der Waals surface area (Å²) in [6, 6.07) is 15.4.